The van der Waals surface area contributed by atoms with E-state index in [1.165, 1.54) is 6.33 Å². The summed E-state index contributed by atoms with van der Waals surface area (Å²) in [5.41, 5.74) is 7.87. The molecule has 3 N–H and O–H groups in total. The molecule has 0 aliphatic rings. The zero-order valence-corrected chi connectivity index (χ0v) is 14.4. The lowest BCUT2D eigenvalue weighted by Crippen LogP contribution is -2.32. The molecule has 2 rings (SSSR count). The molecule has 1 heterocycles. The monoisotopic (exact) mass is 400 g/mol. The third kappa shape index (κ3) is 5.70. The van der Waals surface area contributed by atoms with Crippen LogP contribution < -0.4 is 11.1 Å². The fourth-order valence-electron chi connectivity index (χ4n) is 1.72. The van der Waals surface area contributed by atoms with Crippen molar-refractivity contribution in [1.29, 1.82) is 0 Å². The molecule has 0 unspecified atom stereocenters. The minimum atomic E-state index is 0. The third-order valence-electron chi connectivity index (χ3n) is 2.89. The predicted molar refractivity (Wildman–Crippen MR) is 95.0 cm³/mol. The predicted octanol–water partition coefficient (Wildman–Crippen LogP) is 2.09. The van der Waals surface area contributed by atoms with Crippen LogP contribution in [0.2, 0.25) is 0 Å². The maximum Gasteiger partial charge on any atom is 0.188 e. The second-order valence-corrected chi connectivity index (χ2v) is 4.49. The van der Waals surface area contributed by atoms with Crippen molar-refractivity contribution in [3.05, 3.63) is 42.5 Å². The fraction of sp³-hybridized carbons (Fsp3) is 0.357. The number of unbranched alkanes of at least 4 members (excludes halogenated alkanes) is 1. The molecule has 1 aromatic carbocycles. The molecule has 0 bridgehead atoms. The summed E-state index contributed by atoms with van der Waals surface area (Å²) in [5, 5.41) is 7.17. The topological polar surface area (TPSA) is 81.1 Å². The van der Waals surface area contributed by atoms with Crippen LogP contribution in [0.3, 0.4) is 0 Å². The zero-order valence-electron chi connectivity index (χ0n) is 12.1. The van der Waals surface area contributed by atoms with Gasteiger partial charge in [-0.3, -0.25) is 0 Å². The Balaban J connectivity index is 0.00000220. The van der Waals surface area contributed by atoms with Crippen molar-refractivity contribution in [3.63, 3.8) is 0 Å². The van der Waals surface area contributed by atoms with Gasteiger partial charge in [0, 0.05) is 6.54 Å². The Hall–Kier alpha value is -1.64. The van der Waals surface area contributed by atoms with Gasteiger partial charge in [0.15, 0.2) is 5.96 Å². The molecule has 0 saturated carbocycles. The van der Waals surface area contributed by atoms with Crippen LogP contribution in [-0.4, -0.2) is 27.3 Å². The Morgan fingerprint density at radius 1 is 1.33 bits per heavy atom. The van der Waals surface area contributed by atoms with Crippen molar-refractivity contribution >= 4 is 29.9 Å². The summed E-state index contributed by atoms with van der Waals surface area (Å²) in [5.74, 6) is 0.499. The van der Waals surface area contributed by atoms with E-state index in [1.54, 1.807) is 11.0 Å². The van der Waals surface area contributed by atoms with Gasteiger partial charge >= 0.3 is 0 Å². The van der Waals surface area contributed by atoms with Gasteiger partial charge in [-0.25, -0.2) is 14.7 Å². The lowest BCUT2D eigenvalue weighted by atomic mass is 10.2. The number of nitrogens with one attached hydrogen (secondary N) is 1. The smallest absolute Gasteiger partial charge is 0.188 e. The summed E-state index contributed by atoms with van der Waals surface area (Å²) >= 11 is 0. The number of guanidine groups is 1. The molecule has 0 atom stereocenters. The second-order valence-electron chi connectivity index (χ2n) is 4.49. The standard InChI is InChI=1S/C14H20N6.HI/c1-2-3-8-17-14(15)18-9-12-4-6-13(7-5-12)20-11-16-10-19-20;/h4-7,10-11H,2-3,8-9H2,1H3,(H3,15,17,18);1H. The number of benzene rings is 1. The number of hydrogen-bond donors (Lipinski definition) is 2. The van der Waals surface area contributed by atoms with Gasteiger partial charge in [0.2, 0.25) is 0 Å². The summed E-state index contributed by atoms with van der Waals surface area (Å²) in [6.07, 6.45) is 5.43. The molecule has 2 aromatic rings. The molecule has 0 radical (unpaired) electrons. The maximum atomic E-state index is 5.79. The molecule has 1 aromatic heterocycles. The average molecular weight is 400 g/mol. The first-order valence-electron chi connectivity index (χ1n) is 6.77. The summed E-state index contributed by atoms with van der Waals surface area (Å²) in [4.78, 5) is 8.23. The Labute approximate surface area is 141 Å². The normalized spacial score (nSPS) is 11.0. The minimum absolute atomic E-state index is 0. The highest BCUT2D eigenvalue weighted by atomic mass is 127. The Kier molecular flexibility index (Phi) is 7.73. The van der Waals surface area contributed by atoms with Crippen LogP contribution >= 0.6 is 24.0 Å². The highest BCUT2D eigenvalue weighted by molar-refractivity contribution is 14.0. The van der Waals surface area contributed by atoms with Crippen molar-refractivity contribution in [2.45, 2.75) is 26.3 Å². The van der Waals surface area contributed by atoms with Crippen molar-refractivity contribution in [1.82, 2.24) is 20.1 Å². The lowest BCUT2D eigenvalue weighted by molar-refractivity contribution is 0.748. The highest BCUT2D eigenvalue weighted by Gasteiger charge is 1.97. The summed E-state index contributed by atoms with van der Waals surface area (Å²) in [7, 11) is 0. The number of hydrogen-bond acceptors (Lipinski definition) is 3. The average Bonchev–Trinajstić information content (AvgIpc) is 3.00. The van der Waals surface area contributed by atoms with Gasteiger partial charge in [0.05, 0.1) is 12.2 Å². The van der Waals surface area contributed by atoms with Crippen molar-refractivity contribution in [3.8, 4) is 5.69 Å². The van der Waals surface area contributed by atoms with Crippen molar-refractivity contribution in [2.24, 2.45) is 10.7 Å². The molecule has 0 saturated heterocycles. The molecule has 0 aliphatic heterocycles. The van der Waals surface area contributed by atoms with E-state index >= 15 is 0 Å². The Morgan fingerprint density at radius 2 is 2.10 bits per heavy atom. The zero-order chi connectivity index (χ0) is 14.2. The van der Waals surface area contributed by atoms with E-state index in [0.717, 1.165) is 30.6 Å². The number of nitrogens with zero attached hydrogens (tertiary/aromatic N) is 4. The van der Waals surface area contributed by atoms with Crippen LogP contribution in [0.15, 0.2) is 41.9 Å². The summed E-state index contributed by atoms with van der Waals surface area (Å²) in [6, 6.07) is 8.00. The summed E-state index contributed by atoms with van der Waals surface area (Å²) in [6.45, 7) is 3.59. The molecule has 0 aliphatic carbocycles. The van der Waals surface area contributed by atoms with Gasteiger partial charge in [0.25, 0.3) is 0 Å². The van der Waals surface area contributed by atoms with Gasteiger partial charge in [0.1, 0.15) is 12.7 Å². The van der Waals surface area contributed by atoms with Crippen LogP contribution in [0, 0.1) is 0 Å². The fourth-order valence-corrected chi connectivity index (χ4v) is 1.72. The number of aromatic nitrogens is 3. The van der Waals surface area contributed by atoms with Crippen LogP contribution in [0.4, 0.5) is 0 Å². The van der Waals surface area contributed by atoms with Gasteiger partial charge in [-0.05, 0) is 24.1 Å². The van der Waals surface area contributed by atoms with Crippen LogP contribution in [-0.2, 0) is 6.54 Å². The molecular formula is C14H21IN6. The first kappa shape index (κ1) is 17.4. The van der Waals surface area contributed by atoms with E-state index in [2.05, 4.69) is 27.3 Å². The number of nitrogens with two attached hydrogens (primary N) is 1. The number of rotatable bonds is 6. The Morgan fingerprint density at radius 3 is 2.71 bits per heavy atom. The van der Waals surface area contributed by atoms with E-state index in [4.69, 9.17) is 5.73 Å². The van der Waals surface area contributed by atoms with E-state index in [-0.39, 0.29) is 24.0 Å². The van der Waals surface area contributed by atoms with Crippen LogP contribution in [0.1, 0.15) is 25.3 Å². The SMILES string of the molecule is CCCCNC(N)=NCc1ccc(-n2cncn2)cc1.I. The summed E-state index contributed by atoms with van der Waals surface area (Å²) < 4.78 is 1.72. The van der Waals surface area contributed by atoms with E-state index in [9.17, 15) is 0 Å². The highest BCUT2D eigenvalue weighted by Crippen LogP contribution is 2.08. The van der Waals surface area contributed by atoms with Crippen molar-refractivity contribution in [2.75, 3.05) is 6.54 Å². The lowest BCUT2D eigenvalue weighted by Gasteiger charge is -2.05. The van der Waals surface area contributed by atoms with Crippen LogP contribution in [0.25, 0.3) is 5.69 Å². The number of halogens is 1. The minimum Gasteiger partial charge on any atom is -0.370 e. The van der Waals surface area contributed by atoms with Gasteiger partial charge in [-0.2, -0.15) is 5.10 Å². The molecule has 0 spiro atoms. The van der Waals surface area contributed by atoms with Gasteiger partial charge in [-0.1, -0.05) is 25.5 Å². The first-order valence-corrected chi connectivity index (χ1v) is 6.77. The van der Waals surface area contributed by atoms with Gasteiger partial charge in [-0.15, -0.1) is 24.0 Å². The first-order chi connectivity index (χ1) is 9.79. The van der Waals surface area contributed by atoms with Gasteiger partial charge < -0.3 is 11.1 Å². The molecule has 7 heteroatoms. The number of aliphatic imine (C=N–C) groups is 1. The molecule has 6 nitrogen and oxygen atoms in total. The molecule has 114 valence electrons. The quantitative estimate of drug-likeness (QED) is 0.337. The third-order valence-corrected chi connectivity index (χ3v) is 2.89. The van der Waals surface area contributed by atoms with E-state index < -0.39 is 0 Å². The van der Waals surface area contributed by atoms with Crippen molar-refractivity contribution < 1.29 is 0 Å². The molecule has 21 heavy (non-hydrogen) atoms. The van der Waals surface area contributed by atoms with E-state index in [1.807, 2.05) is 24.3 Å². The molecule has 0 fully saturated rings. The Bertz CT molecular complexity index is 535. The maximum absolute atomic E-state index is 5.79. The second kappa shape index (κ2) is 9.32. The largest absolute Gasteiger partial charge is 0.370 e. The van der Waals surface area contributed by atoms with Crippen LogP contribution in [0.5, 0.6) is 0 Å². The molecular weight excluding hydrogens is 379 g/mol. The van der Waals surface area contributed by atoms with E-state index in [0.29, 0.717) is 12.5 Å². The molecule has 0 amide bonds.